The molecule has 6 nitrogen and oxygen atoms in total. The quantitative estimate of drug-likeness (QED) is 0.139. The maximum atomic E-state index is 12.1. The molecule has 168 valence electrons. The van der Waals surface area contributed by atoms with Crippen LogP contribution in [0.2, 0.25) is 0 Å². The third-order valence-corrected chi connectivity index (χ3v) is 5.48. The van der Waals surface area contributed by atoms with E-state index >= 15 is 0 Å². The van der Waals surface area contributed by atoms with E-state index in [1.165, 1.54) is 64.2 Å². The van der Waals surface area contributed by atoms with Gasteiger partial charge in [0, 0.05) is 0 Å². The maximum Gasteiger partial charge on any atom is 0.469 e. The molecule has 0 heterocycles. The van der Waals surface area contributed by atoms with Gasteiger partial charge < -0.3 is 14.5 Å². The molecule has 0 aromatic carbocycles. The zero-order valence-corrected chi connectivity index (χ0v) is 19.0. The molecule has 1 unspecified atom stereocenters. The van der Waals surface area contributed by atoms with Crippen LogP contribution in [-0.2, 0) is 18.6 Å². The maximum absolute atomic E-state index is 12.1. The molecule has 0 amide bonds. The van der Waals surface area contributed by atoms with Crippen molar-refractivity contribution in [3.05, 3.63) is 0 Å². The molecule has 0 radical (unpaired) electrons. The second kappa shape index (κ2) is 18.6. The highest BCUT2D eigenvalue weighted by atomic mass is 31.2. The Morgan fingerprint density at radius 2 is 1.25 bits per heavy atom. The van der Waals surface area contributed by atoms with Gasteiger partial charge in [-0.25, -0.2) is 4.57 Å². The number of unbranched alkanes of at least 4 members (excludes halogenated alkanes) is 11. The number of hydrogen-bond acceptors (Lipinski definition) is 4. The lowest BCUT2D eigenvalue weighted by Crippen LogP contribution is -2.20. The van der Waals surface area contributed by atoms with Crippen LogP contribution in [0.25, 0.3) is 0 Å². The molecular weight excluding hydrogens is 379 g/mol. The lowest BCUT2D eigenvalue weighted by molar-refractivity contribution is -0.150. The molecule has 1 atom stereocenters. The van der Waals surface area contributed by atoms with Gasteiger partial charge in [-0.1, -0.05) is 97.3 Å². The van der Waals surface area contributed by atoms with Crippen LogP contribution >= 0.6 is 7.82 Å². The fourth-order valence-corrected chi connectivity index (χ4v) is 3.69. The summed E-state index contributed by atoms with van der Waals surface area (Å²) in [6.07, 6.45) is 18.0. The van der Waals surface area contributed by atoms with E-state index in [2.05, 4.69) is 11.4 Å². The Kier molecular flexibility index (Phi) is 18.3. The van der Waals surface area contributed by atoms with Crippen molar-refractivity contribution in [3.8, 4) is 0 Å². The Hall–Kier alpha value is -0.420. The lowest BCUT2D eigenvalue weighted by Gasteiger charge is -2.15. The van der Waals surface area contributed by atoms with Gasteiger partial charge in [0.2, 0.25) is 0 Å². The Morgan fingerprint density at radius 1 is 0.750 bits per heavy atom. The molecule has 0 aliphatic heterocycles. The monoisotopic (exact) mass is 422 g/mol. The van der Waals surface area contributed by atoms with Gasteiger partial charge in [0.05, 0.1) is 12.5 Å². The van der Waals surface area contributed by atoms with Gasteiger partial charge in [-0.2, -0.15) is 0 Å². The van der Waals surface area contributed by atoms with E-state index in [1.807, 2.05) is 6.92 Å². The molecule has 0 bridgehead atoms. The largest absolute Gasteiger partial charge is 0.469 e. The van der Waals surface area contributed by atoms with Gasteiger partial charge in [0.1, 0.15) is 6.61 Å². The van der Waals surface area contributed by atoms with Gasteiger partial charge in [0.25, 0.3) is 0 Å². The van der Waals surface area contributed by atoms with Crippen LogP contribution in [-0.4, -0.2) is 29.0 Å². The first-order valence-electron chi connectivity index (χ1n) is 11.3. The van der Waals surface area contributed by atoms with Crippen LogP contribution in [0.1, 0.15) is 110 Å². The first-order chi connectivity index (χ1) is 13.4. The molecule has 0 saturated carbocycles. The number of phosphoric acid groups is 1. The molecule has 0 saturated heterocycles. The van der Waals surface area contributed by atoms with Crippen molar-refractivity contribution in [2.75, 3.05) is 13.2 Å². The van der Waals surface area contributed by atoms with Gasteiger partial charge in [0.15, 0.2) is 0 Å². The molecule has 28 heavy (non-hydrogen) atoms. The summed E-state index contributed by atoms with van der Waals surface area (Å²) in [4.78, 5) is 29.3. The van der Waals surface area contributed by atoms with Crippen molar-refractivity contribution >= 4 is 13.8 Å². The molecule has 0 aromatic heterocycles. The summed E-state index contributed by atoms with van der Waals surface area (Å²) < 4.78 is 20.0. The first-order valence-corrected chi connectivity index (χ1v) is 12.8. The summed E-state index contributed by atoms with van der Waals surface area (Å²) in [7, 11) is -4.50. The average Bonchev–Trinajstić information content (AvgIpc) is 2.64. The minimum Gasteiger partial charge on any atom is -0.463 e. The summed E-state index contributed by atoms with van der Waals surface area (Å²) in [5.74, 6) is -0.401. The number of esters is 1. The Morgan fingerprint density at radius 3 is 1.71 bits per heavy atom. The van der Waals surface area contributed by atoms with Crippen LogP contribution in [0.4, 0.5) is 0 Å². The predicted molar refractivity (Wildman–Crippen MR) is 113 cm³/mol. The Labute approximate surface area is 172 Å². The molecule has 0 aromatic rings. The van der Waals surface area contributed by atoms with Crippen LogP contribution in [0.5, 0.6) is 0 Å². The zero-order valence-electron chi connectivity index (χ0n) is 18.1. The molecule has 0 rings (SSSR count). The second-order valence-electron chi connectivity index (χ2n) is 7.65. The third kappa shape index (κ3) is 18.9. The van der Waals surface area contributed by atoms with E-state index in [0.717, 1.165) is 32.1 Å². The van der Waals surface area contributed by atoms with E-state index in [1.54, 1.807) is 0 Å². The highest BCUT2D eigenvalue weighted by Crippen LogP contribution is 2.35. The summed E-state index contributed by atoms with van der Waals surface area (Å²) in [6.45, 7) is 3.88. The topological polar surface area (TPSA) is 93.1 Å². The number of carbonyl (C=O) groups excluding carboxylic acids is 1. The standard InChI is InChI=1S/C21H43O6P/c1-3-5-6-7-8-9-10-11-12-13-14-15-17-20(16-4-2)21(22)26-18-19-27-28(23,24)25/h20H,3-19H2,1-2H3,(H2,23,24,25). The zero-order chi connectivity index (χ0) is 21.1. The number of ether oxygens (including phenoxy) is 1. The number of carbonyl (C=O) groups is 1. The summed E-state index contributed by atoms with van der Waals surface area (Å²) in [5.41, 5.74) is 0. The van der Waals surface area contributed by atoms with Crippen LogP contribution in [0, 0.1) is 5.92 Å². The predicted octanol–water partition coefficient (Wildman–Crippen LogP) is 6.15. The lowest BCUT2D eigenvalue weighted by atomic mass is 9.96. The third-order valence-electron chi connectivity index (χ3n) is 4.96. The van der Waals surface area contributed by atoms with Crippen LogP contribution < -0.4 is 0 Å². The van der Waals surface area contributed by atoms with Gasteiger partial charge in [-0.05, 0) is 12.8 Å². The molecule has 0 aliphatic rings. The normalized spacial score (nSPS) is 12.9. The van der Waals surface area contributed by atoms with E-state index < -0.39 is 7.82 Å². The molecule has 7 heteroatoms. The number of phosphoric ester groups is 1. The summed E-state index contributed by atoms with van der Waals surface area (Å²) in [5, 5.41) is 0. The van der Waals surface area contributed by atoms with E-state index in [4.69, 9.17) is 14.5 Å². The SMILES string of the molecule is CCCCCCCCCCCCCCC(CCC)C(=O)OCCOP(=O)(O)O. The fraction of sp³-hybridized carbons (Fsp3) is 0.952. The Bertz CT molecular complexity index is 410. The highest BCUT2D eigenvalue weighted by molar-refractivity contribution is 7.46. The van der Waals surface area contributed by atoms with Gasteiger partial charge in [-0.3, -0.25) is 9.32 Å². The van der Waals surface area contributed by atoms with Crippen molar-refractivity contribution in [1.82, 2.24) is 0 Å². The van der Waals surface area contributed by atoms with Crippen LogP contribution in [0.15, 0.2) is 0 Å². The minimum absolute atomic E-state index is 0.122. The van der Waals surface area contributed by atoms with Crippen molar-refractivity contribution in [3.63, 3.8) is 0 Å². The summed E-state index contributed by atoms with van der Waals surface area (Å²) in [6, 6.07) is 0. The van der Waals surface area contributed by atoms with Gasteiger partial charge in [-0.15, -0.1) is 0 Å². The minimum atomic E-state index is -4.50. The van der Waals surface area contributed by atoms with Crippen molar-refractivity contribution in [1.29, 1.82) is 0 Å². The average molecular weight is 423 g/mol. The van der Waals surface area contributed by atoms with Crippen molar-refractivity contribution in [2.45, 2.75) is 110 Å². The fourth-order valence-electron chi connectivity index (χ4n) is 3.38. The Balaban J connectivity index is 3.67. The van der Waals surface area contributed by atoms with Crippen molar-refractivity contribution < 1.29 is 28.4 Å². The van der Waals surface area contributed by atoms with Crippen LogP contribution in [0.3, 0.4) is 0 Å². The second-order valence-corrected chi connectivity index (χ2v) is 8.89. The molecule has 0 spiro atoms. The molecular formula is C21H43O6P. The number of hydrogen-bond donors (Lipinski definition) is 2. The first kappa shape index (κ1) is 27.6. The number of rotatable bonds is 20. The smallest absolute Gasteiger partial charge is 0.463 e. The van der Waals surface area contributed by atoms with Gasteiger partial charge >= 0.3 is 13.8 Å². The van der Waals surface area contributed by atoms with E-state index in [-0.39, 0.29) is 25.1 Å². The summed E-state index contributed by atoms with van der Waals surface area (Å²) >= 11 is 0. The van der Waals surface area contributed by atoms with E-state index in [0.29, 0.717) is 0 Å². The van der Waals surface area contributed by atoms with E-state index in [9.17, 15) is 9.36 Å². The molecule has 2 N–H and O–H groups in total. The van der Waals surface area contributed by atoms with Crippen molar-refractivity contribution in [2.24, 2.45) is 5.92 Å². The molecule has 0 aliphatic carbocycles. The molecule has 0 fully saturated rings. The highest BCUT2D eigenvalue weighted by Gasteiger charge is 2.19.